The maximum atomic E-state index is 9.56. The Morgan fingerprint density at radius 2 is 2.08 bits per heavy atom. The van der Waals surface area contributed by atoms with Crippen LogP contribution in [0.1, 0.15) is 5.56 Å². The van der Waals surface area contributed by atoms with Gasteiger partial charge in [-0.05, 0) is 19.1 Å². The fourth-order valence-electron chi connectivity index (χ4n) is 1.34. The van der Waals surface area contributed by atoms with Gasteiger partial charge in [0, 0.05) is 11.5 Å². The van der Waals surface area contributed by atoms with Crippen molar-refractivity contribution in [2.24, 2.45) is 0 Å². The van der Waals surface area contributed by atoms with Gasteiger partial charge in [0.2, 0.25) is 0 Å². The lowest BCUT2D eigenvalue weighted by Crippen LogP contribution is -1.90. The third-order valence-corrected chi connectivity index (χ3v) is 1.96. The van der Waals surface area contributed by atoms with Crippen LogP contribution in [0.25, 0.3) is 10.9 Å². The number of nitrogens with two attached hydrogens (primary N) is 1. The summed E-state index contributed by atoms with van der Waals surface area (Å²) in [5.74, 6) is 0.528. The summed E-state index contributed by atoms with van der Waals surface area (Å²) in [7, 11) is 0. The Kier molecular flexibility index (Phi) is 1.59. The maximum absolute atomic E-state index is 9.56. The highest BCUT2D eigenvalue weighted by atomic mass is 16.3. The van der Waals surface area contributed by atoms with Crippen molar-refractivity contribution < 1.29 is 5.11 Å². The lowest BCUT2D eigenvalue weighted by Gasteiger charge is -2.02. The van der Waals surface area contributed by atoms with Crippen LogP contribution in [0.2, 0.25) is 0 Å². The lowest BCUT2D eigenvalue weighted by atomic mass is 10.1. The van der Waals surface area contributed by atoms with Gasteiger partial charge in [0.15, 0.2) is 0 Å². The van der Waals surface area contributed by atoms with Gasteiger partial charge in [0.1, 0.15) is 11.6 Å². The number of rotatable bonds is 0. The van der Waals surface area contributed by atoms with Crippen molar-refractivity contribution in [2.75, 3.05) is 5.73 Å². The highest BCUT2D eigenvalue weighted by Crippen LogP contribution is 2.25. The van der Waals surface area contributed by atoms with Crippen LogP contribution in [-0.4, -0.2) is 10.1 Å². The van der Waals surface area contributed by atoms with Crippen LogP contribution in [0, 0.1) is 6.92 Å². The van der Waals surface area contributed by atoms with Gasteiger partial charge < -0.3 is 10.8 Å². The number of pyridine rings is 1. The number of anilines is 1. The van der Waals surface area contributed by atoms with Crippen molar-refractivity contribution in [1.82, 2.24) is 4.98 Å². The number of fused-ring (bicyclic) bond motifs is 1. The summed E-state index contributed by atoms with van der Waals surface area (Å²) in [4.78, 5) is 4.10. The van der Waals surface area contributed by atoms with E-state index in [9.17, 15) is 5.11 Å². The van der Waals surface area contributed by atoms with Gasteiger partial charge in [0.25, 0.3) is 0 Å². The van der Waals surface area contributed by atoms with Crippen molar-refractivity contribution in [2.45, 2.75) is 6.92 Å². The summed E-state index contributed by atoms with van der Waals surface area (Å²) in [6, 6.07) is 7.13. The second kappa shape index (κ2) is 2.62. The molecule has 0 fully saturated rings. The molecule has 0 bridgehead atoms. The average molecular weight is 174 g/mol. The minimum absolute atomic E-state index is 0.186. The molecule has 0 aliphatic rings. The molecule has 0 atom stereocenters. The molecule has 3 heteroatoms. The number of hydrogen-bond donors (Lipinski definition) is 2. The molecule has 1 aromatic heterocycles. The predicted octanol–water partition coefficient (Wildman–Crippen LogP) is 1.83. The normalized spacial score (nSPS) is 10.5. The molecule has 0 amide bonds. The highest BCUT2D eigenvalue weighted by molar-refractivity contribution is 5.86. The van der Waals surface area contributed by atoms with Crippen molar-refractivity contribution in [3.05, 3.63) is 29.8 Å². The summed E-state index contributed by atoms with van der Waals surface area (Å²) in [6.07, 6.45) is 0. The molecule has 3 N–H and O–H groups in total. The molecule has 13 heavy (non-hydrogen) atoms. The van der Waals surface area contributed by atoms with Gasteiger partial charge in [-0.1, -0.05) is 11.6 Å². The third-order valence-electron chi connectivity index (χ3n) is 1.96. The zero-order chi connectivity index (χ0) is 9.42. The zero-order valence-electron chi connectivity index (χ0n) is 7.28. The Hall–Kier alpha value is -1.77. The average Bonchev–Trinajstić information content (AvgIpc) is 2.06. The van der Waals surface area contributed by atoms with Gasteiger partial charge in [-0.15, -0.1) is 0 Å². The van der Waals surface area contributed by atoms with Gasteiger partial charge in [-0.2, -0.15) is 0 Å². The molecule has 1 aromatic carbocycles. The van der Waals surface area contributed by atoms with Crippen molar-refractivity contribution >= 4 is 16.7 Å². The smallest absolute Gasteiger partial charge is 0.128 e. The first kappa shape index (κ1) is 7.86. The molecule has 2 rings (SSSR count). The molecule has 0 unspecified atom stereocenters. The first-order valence-corrected chi connectivity index (χ1v) is 4.02. The number of aryl methyl sites for hydroxylation is 1. The monoisotopic (exact) mass is 174 g/mol. The van der Waals surface area contributed by atoms with E-state index >= 15 is 0 Å². The molecule has 66 valence electrons. The van der Waals surface area contributed by atoms with E-state index in [4.69, 9.17) is 5.73 Å². The molecule has 0 saturated heterocycles. The zero-order valence-corrected chi connectivity index (χ0v) is 7.28. The number of nitrogens with zero attached hydrogens (tertiary/aromatic N) is 1. The summed E-state index contributed by atoms with van der Waals surface area (Å²) in [6.45, 7) is 1.97. The fraction of sp³-hybridized carbons (Fsp3) is 0.100. The van der Waals surface area contributed by atoms with E-state index in [1.165, 1.54) is 6.07 Å². The standard InChI is InChI=1S/C10H10N2O/c1-6-2-3-8-7(4-6)9(13)5-10(11)12-8/h2-5H,1H3,(H3,11,12,13). The molecule has 0 aliphatic heterocycles. The SMILES string of the molecule is Cc1ccc2nc(N)cc(O)c2c1. The Morgan fingerprint density at radius 1 is 1.31 bits per heavy atom. The molecule has 0 spiro atoms. The highest BCUT2D eigenvalue weighted by Gasteiger charge is 2.02. The molecule has 0 radical (unpaired) electrons. The number of nitrogen functional groups attached to an aromatic ring is 1. The third kappa shape index (κ3) is 1.28. The molecule has 2 aromatic rings. The summed E-state index contributed by atoms with van der Waals surface area (Å²) in [5, 5.41) is 10.3. The van der Waals surface area contributed by atoms with Crippen molar-refractivity contribution in [3.8, 4) is 5.75 Å². The first-order valence-electron chi connectivity index (χ1n) is 4.02. The quantitative estimate of drug-likeness (QED) is 0.640. The molecule has 3 nitrogen and oxygen atoms in total. The van der Waals surface area contributed by atoms with Gasteiger partial charge in [0.05, 0.1) is 5.52 Å². The van der Waals surface area contributed by atoms with E-state index in [2.05, 4.69) is 4.98 Å². The minimum atomic E-state index is 0.186. The molecular weight excluding hydrogens is 164 g/mol. The van der Waals surface area contributed by atoms with Crippen LogP contribution >= 0.6 is 0 Å². The summed E-state index contributed by atoms with van der Waals surface area (Å²) in [5.41, 5.74) is 7.31. The Bertz CT molecular complexity index is 466. The number of hydrogen-bond acceptors (Lipinski definition) is 3. The fourth-order valence-corrected chi connectivity index (χ4v) is 1.34. The van der Waals surface area contributed by atoms with Crippen molar-refractivity contribution in [1.29, 1.82) is 0 Å². The van der Waals surface area contributed by atoms with E-state index in [0.717, 1.165) is 16.5 Å². The molecular formula is C10H10N2O. The van der Waals surface area contributed by atoms with Crippen LogP contribution in [0.5, 0.6) is 5.75 Å². The summed E-state index contributed by atoms with van der Waals surface area (Å²) >= 11 is 0. The Labute approximate surface area is 75.8 Å². The largest absolute Gasteiger partial charge is 0.507 e. The number of benzene rings is 1. The van der Waals surface area contributed by atoms with E-state index in [-0.39, 0.29) is 5.75 Å². The summed E-state index contributed by atoms with van der Waals surface area (Å²) < 4.78 is 0. The molecule has 0 aliphatic carbocycles. The minimum Gasteiger partial charge on any atom is -0.507 e. The van der Waals surface area contributed by atoms with Crippen LogP contribution < -0.4 is 5.73 Å². The number of aromatic hydroxyl groups is 1. The molecule has 1 heterocycles. The van der Waals surface area contributed by atoms with Gasteiger partial charge in [-0.3, -0.25) is 0 Å². The van der Waals surface area contributed by atoms with Gasteiger partial charge in [-0.25, -0.2) is 4.98 Å². The molecule has 0 saturated carbocycles. The number of aromatic nitrogens is 1. The van der Waals surface area contributed by atoms with Crippen molar-refractivity contribution in [3.63, 3.8) is 0 Å². The first-order chi connectivity index (χ1) is 6.16. The van der Waals surface area contributed by atoms with Gasteiger partial charge >= 0.3 is 0 Å². The van der Waals surface area contributed by atoms with E-state index in [1.54, 1.807) is 0 Å². The second-order valence-corrected chi connectivity index (χ2v) is 3.09. The maximum Gasteiger partial charge on any atom is 0.128 e. The predicted molar refractivity (Wildman–Crippen MR) is 52.6 cm³/mol. The Morgan fingerprint density at radius 3 is 2.85 bits per heavy atom. The topological polar surface area (TPSA) is 59.1 Å². The van der Waals surface area contributed by atoms with Crippen LogP contribution in [-0.2, 0) is 0 Å². The second-order valence-electron chi connectivity index (χ2n) is 3.09. The van der Waals surface area contributed by atoms with Crippen LogP contribution in [0.3, 0.4) is 0 Å². The lowest BCUT2D eigenvalue weighted by molar-refractivity contribution is 0.481. The van der Waals surface area contributed by atoms with Crippen LogP contribution in [0.15, 0.2) is 24.3 Å². The van der Waals surface area contributed by atoms with E-state index in [1.807, 2.05) is 25.1 Å². The van der Waals surface area contributed by atoms with E-state index in [0.29, 0.717) is 5.82 Å². The van der Waals surface area contributed by atoms with E-state index < -0.39 is 0 Å². The Balaban J connectivity index is 2.87. The van der Waals surface area contributed by atoms with Crippen LogP contribution in [0.4, 0.5) is 5.82 Å².